The third-order valence-corrected chi connectivity index (χ3v) is 4.81. The zero-order chi connectivity index (χ0) is 17.0. The molecule has 0 radical (unpaired) electrons. The quantitative estimate of drug-likeness (QED) is 0.769. The molecule has 128 valence electrons. The van der Waals surface area contributed by atoms with Crippen molar-refractivity contribution in [2.45, 2.75) is 51.7 Å². The Hall–Kier alpha value is -1.80. The Morgan fingerprint density at radius 2 is 1.71 bits per heavy atom. The van der Waals surface area contributed by atoms with Crippen molar-refractivity contribution >= 4 is 5.69 Å². The van der Waals surface area contributed by atoms with E-state index in [1.807, 2.05) is 6.07 Å². The summed E-state index contributed by atoms with van der Waals surface area (Å²) in [6, 6.07) is 19.5. The second kappa shape index (κ2) is 7.40. The van der Waals surface area contributed by atoms with E-state index >= 15 is 0 Å². The van der Waals surface area contributed by atoms with Gasteiger partial charge in [-0.1, -0.05) is 63.2 Å². The van der Waals surface area contributed by atoms with Crippen LogP contribution in [0.15, 0.2) is 54.6 Å². The van der Waals surface area contributed by atoms with Crippen molar-refractivity contribution in [1.82, 2.24) is 0 Å². The highest BCUT2D eigenvalue weighted by molar-refractivity contribution is 5.49. The van der Waals surface area contributed by atoms with Gasteiger partial charge in [0, 0.05) is 18.8 Å². The van der Waals surface area contributed by atoms with Crippen molar-refractivity contribution in [1.29, 1.82) is 0 Å². The Bertz CT molecular complexity index is 627. The van der Waals surface area contributed by atoms with E-state index in [2.05, 4.69) is 74.2 Å². The van der Waals surface area contributed by atoms with Crippen molar-refractivity contribution in [3.8, 4) is 0 Å². The van der Waals surface area contributed by atoms with Gasteiger partial charge in [-0.15, -0.1) is 0 Å². The summed E-state index contributed by atoms with van der Waals surface area (Å²) in [7, 11) is 0. The first-order chi connectivity index (χ1) is 11.5. The molecule has 1 aliphatic rings. The predicted molar refractivity (Wildman–Crippen MR) is 102 cm³/mol. The molecular formula is C22H29NO. The number of nitrogens with zero attached hydrogens (tertiary/aromatic N) is 1. The number of hydrogen-bond donors (Lipinski definition) is 0. The molecule has 0 amide bonds. The molecule has 1 unspecified atom stereocenters. The van der Waals surface area contributed by atoms with E-state index in [0.717, 1.165) is 19.5 Å². The summed E-state index contributed by atoms with van der Waals surface area (Å²) in [5.41, 5.74) is 4.17. The second-order valence-electron chi connectivity index (χ2n) is 7.80. The van der Waals surface area contributed by atoms with Crippen molar-refractivity contribution in [3.05, 3.63) is 65.7 Å². The van der Waals surface area contributed by atoms with Gasteiger partial charge in [0.05, 0.1) is 12.7 Å². The van der Waals surface area contributed by atoms with E-state index in [9.17, 15) is 0 Å². The van der Waals surface area contributed by atoms with Crippen LogP contribution >= 0.6 is 0 Å². The van der Waals surface area contributed by atoms with Crippen molar-refractivity contribution in [3.63, 3.8) is 0 Å². The van der Waals surface area contributed by atoms with Crippen molar-refractivity contribution < 1.29 is 4.74 Å². The molecule has 3 rings (SSSR count). The minimum atomic E-state index is 0.210. The standard InChI is InChI=1S/C22H29NO/c1-22(2,3)19-11-13-20(14-12-19)23-15-7-10-21(16-23)24-17-18-8-5-4-6-9-18/h4-6,8-9,11-14,21H,7,10,15-17H2,1-3H3. The molecule has 2 aromatic rings. The average molecular weight is 323 g/mol. The first-order valence-electron chi connectivity index (χ1n) is 9.03. The Kier molecular flexibility index (Phi) is 5.25. The van der Waals surface area contributed by atoms with E-state index in [1.54, 1.807) is 0 Å². The van der Waals surface area contributed by atoms with Crippen LogP contribution < -0.4 is 4.90 Å². The molecule has 0 N–H and O–H groups in total. The Balaban J connectivity index is 1.59. The van der Waals surface area contributed by atoms with Crippen LogP contribution in [0.1, 0.15) is 44.7 Å². The van der Waals surface area contributed by atoms with Gasteiger partial charge >= 0.3 is 0 Å². The zero-order valence-electron chi connectivity index (χ0n) is 15.2. The van der Waals surface area contributed by atoms with Gasteiger partial charge in [-0.25, -0.2) is 0 Å². The Morgan fingerprint density at radius 3 is 2.38 bits per heavy atom. The average Bonchev–Trinajstić information content (AvgIpc) is 2.60. The van der Waals surface area contributed by atoms with Crippen LogP contribution in [-0.2, 0) is 16.8 Å². The van der Waals surface area contributed by atoms with Crippen LogP contribution in [0.2, 0.25) is 0 Å². The van der Waals surface area contributed by atoms with Crippen LogP contribution in [0.4, 0.5) is 5.69 Å². The fourth-order valence-corrected chi connectivity index (χ4v) is 3.27. The Labute approximate surface area is 146 Å². The van der Waals surface area contributed by atoms with E-state index in [-0.39, 0.29) is 5.41 Å². The summed E-state index contributed by atoms with van der Waals surface area (Å²) in [5.74, 6) is 0. The molecule has 0 bridgehead atoms. The van der Waals surface area contributed by atoms with E-state index in [0.29, 0.717) is 12.7 Å². The number of rotatable bonds is 4. The highest BCUT2D eigenvalue weighted by atomic mass is 16.5. The SMILES string of the molecule is CC(C)(C)c1ccc(N2CCCC(OCc3ccccc3)C2)cc1. The molecule has 2 heteroatoms. The molecule has 2 aromatic carbocycles. The molecule has 0 aromatic heterocycles. The lowest BCUT2D eigenvalue weighted by Crippen LogP contribution is -2.39. The maximum Gasteiger partial charge on any atom is 0.0755 e. The zero-order valence-corrected chi connectivity index (χ0v) is 15.2. The summed E-state index contributed by atoms with van der Waals surface area (Å²) < 4.78 is 6.16. The van der Waals surface area contributed by atoms with Gasteiger partial charge in [-0.2, -0.15) is 0 Å². The van der Waals surface area contributed by atoms with Crippen LogP contribution in [0, 0.1) is 0 Å². The molecule has 1 heterocycles. The number of anilines is 1. The van der Waals surface area contributed by atoms with Gasteiger partial charge in [-0.3, -0.25) is 0 Å². The third kappa shape index (κ3) is 4.39. The van der Waals surface area contributed by atoms with Crippen LogP contribution in [0.25, 0.3) is 0 Å². The molecule has 1 atom stereocenters. The van der Waals surface area contributed by atoms with Crippen LogP contribution in [0.3, 0.4) is 0 Å². The Morgan fingerprint density at radius 1 is 1.00 bits per heavy atom. The molecule has 24 heavy (non-hydrogen) atoms. The van der Waals surface area contributed by atoms with Crippen molar-refractivity contribution in [2.24, 2.45) is 0 Å². The summed E-state index contributed by atoms with van der Waals surface area (Å²) in [4.78, 5) is 2.46. The lowest BCUT2D eigenvalue weighted by Gasteiger charge is -2.34. The molecule has 1 aliphatic heterocycles. The smallest absolute Gasteiger partial charge is 0.0755 e. The van der Waals surface area contributed by atoms with E-state index < -0.39 is 0 Å². The maximum atomic E-state index is 6.16. The first kappa shape index (κ1) is 17.0. The topological polar surface area (TPSA) is 12.5 Å². The summed E-state index contributed by atoms with van der Waals surface area (Å²) >= 11 is 0. The second-order valence-corrected chi connectivity index (χ2v) is 7.80. The minimum absolute atomic E-state index is 0.210. The van der Waals surface area contributed by atoms with Gasteiger partial charge in [0.2, 0.25) is 0 Å². The van der Waals surface area contributed by atoms with E-state index in [1.165, 1.54) is 23.2 Å². The lowest BCUT2D eigenvalue weighted by atomic mass is 9.87. The predicted octanol–water partition coefficient (Wildman–Crippen LogP) is 5.17. The summed E-state index contributed by atoms with van der Waals surface area (Å²) in [6.07, 6.45) is 2.67. The maximum absolute atomic E-state index is 6.16. The van der Waals surface area contributed by atoms with Crippen LogP contribution in [0.5, 0.6) is 0 Å². The molecule has 2 nitrogen and oxygen atoms in total. The third-order valence-electron chi connectivity index (χ3n) is 4.81. The number of ether oxygens (including phenoxy) is 1. The number of benzene rings is 2. The van der Waals surface area contributed by atoms with Crippen LogP contribution in [-0.4, -0.2) is 19.2 Å². The fourth-order valence-electron chi connectivity index (χ4n) is 3.27. The highest BCUT2D eigenvalue weighted by Crippen LogP contribution is 2.27. The molecular weight excluding hydrogens is 294 g/mol. The molecule has 1 fully saturated rings. The minimum Gasteiger partial charge on any atom is -0.372 e. The largest absolute Gasteiger partial charge is 0.372 e. The normalized spacial score (nSPS) is 18.6. The highest BCUT2D eigenvalue weighted by Gasteiger charge is 2.21. The lowest BCUT2D eigenvalue weighted by molar-refractivity contribution is 0.0316. The van der Waals surface area contributed by atoms with Crippen molar-refractivity contribution in [2.75, 3.05) is 18.0 Å². The molecule has 1 saturated heterocycles. The first-order valence-corrected chi connectivity index (χ1v) is 9.03. The van der Waals surface area contributed by atoms with Gasteiger partial charge < -0.3 is 9.64 Å². The summed E-state index contributed by atoms with van der Waals surface area (Å²) in [6.45, 7) is 9.60. The van der Waals surface area contributed by atoms with Gasteiger partial charge in [0.15, 0.2) is 0 Å². The van der Waals surface area contributed by atoms with Gasteiger partial charge in [-0.05, 0) is 41.5 Å². The molecule has 0 saturated carbocycles. The fraction of sp³-hybridized carbons (Fsp3) is 0.455. The molecule has 0 aliphatic carbocycles. The monoisotopic (exact) mass is 323 g/mol. The van der Waals surface area contributed by atoms with Gasteiger partial charge in [0.1, 0.15) is 0 Å². The number of hydrogen-bond acceptors (Lipinski definition) is 2. The van der Waals surface area contributed by atoms with E-state index in [4.69, 9.17) is 4.74 Å². The number of piperidine rings is 1. The molecule has 0 spiro atoms. The van der Waals surface area contributed by atoms with Gasteiger partial charge in [0.25, 0.3) is 0 Å². The summed E-state index contributed by atoms with van der Waals surface area (Å²) in [5, 5.41) is 0.